The van der Waals surface area contributed by atoms with Gasteiger partial charge in [0.1, 0.15) is 5.01 Å². The molecule has 1 saturated heterocycles. The van der Waals surface area contributed by atoms with E-state index in [4.69, 9.17) is 0 Å². The molecule has 0 bridgehead atoms. The van der Waals surface area contributed by atoms with Crippen molar-refractivity contribution in [3.63, 3.8) is 0 Å². The van der Waals surface area contributed by atoms with E-state index in [1.54, 1.807) is 11.3 Å². The summed E-state index contributed by atoms with van der Waals surface area (Å²) in [5.41, 5.74) is 1.05. The maximum Gasteiger partial charge on any atom is 0.236 e. The summed E-state index contributed by atoms with van der Waals surface area (Å²) >= 11 is 1.71. The standard InChI is InChI=1S/C17H23N3OS/c1-19(13-17(21)20-10-6-2-3-7-11-20)12-16-18-14-8-4-5-9-15(14)22-16/h4-5,8-9H,2-3,6-7,10-13H2,1H3. The highest BCUT2D eigenvalue weighted by Gasteiger charge is 2.17. The minimum absolute atomic E-state index is 0.255. The lowest BCUT2D eigenvalue weighted by Crippen LogP contribution is -2.39. The third kappa shape index (κ3) is 3.84. The Bertz CT molecular complexity index is 599. The summed E-state index contributed by atoms with van der Waals surface area (Å²) in [7, 11) is 2.00. The van der Waals surface area contributed by atoms with E-state index in [0.29, 0.717) is 6.54 Å². The minimum atomic E-state index is 0.255. The summed E-state index contributed by atoms with van der Waals surface area (Å²) in [5, 5.41) is 1.08. The number of thiazole rings is 1. The molecule has 1 aliphatic heterocycles. The van der Waals surface area contributed by atoms with Crippen LogP contribution >= 0.6 is 11.3 Å². The maximum atomic E-state index is 12.4. The molecule has 1 aromatic heterocycles. The molecule has 0 unspecified atom stereocenters. The number of hydrogen-bond donors (Lipinski definition) is 0. The monoisotopic (exact) mass is 317 g/mol. The average Bonchev–Trinajstić information content (AvgIpc) is 2.71. The molecule has 1 amide bonds. The number of likely N-dealkylation sites (tertiary alicyclic amines) is 1. The van der Waals surface area contributed by atoms with Gasteiger partial charge in [-0.25, -0.2) is 4.98 Å². The highest BCUT2D eigenvalue weighted by Crippen LogP contribution is 2.22. The van der Waals surface area contributed by atoms with Gasteiger partial charge in [-0.05, 0) is 32.0 Å². The Morgan fingerprint density at radius 3 is 2.68 bits per heavy atom. The number of amides is 1. The molecule has 22 heavy (non-hydrogen) atoms. The average molecular weight is 317 g/mol. The van der Waals surface area contributed by atoms with Gasteiger partial charge in [-0.3, -0.25) is 9.69 Å². The van der Waals surface area contributed by atoms with Crippen LogP contribution < -0.4 is 0 Å². The number of carbonyl (C=O) groups excluding carboxylic acids is 1. The first-order valence-electron chi connectivity index (χ1n) is 8.03. The Labute approximate surface area is 135 Å². The van der Waals surface area contributed by atoms with Crippen LogP contribution in [0.15, 0.2) is 24.3 Å². The van der Waals surface area contributed by atoms with E-state index in [1.807, 2.05) is 30.1 Å². The van der Waals surface area contributed by atoms with Crippen molar-refractivity contribution in [1.82, 2.24) is 14.8 Å². The molecule has 0 saturated carbocycles. The van der Waals surface area contributed by atoms with Gasteiger partial charge in [-0.15, -0.1) is 11.3 Å². The third-order valence-electron chi connectivity index (χ3n) is 4.11. The summed E-state index contributed by atoms with van der Waals surface area (Å²) in [6.45, 7) is 3.07. The van der Waals surface area contributed by atoms with E-state index < -0.39 is 0 Å². The molecule has 2 heterocycles. The van der Waals surface area contributed by atoms with E-state index in [1.165, 1.54) is 17.5 Å². The van der Waals surface area contributed by atoms with Crippen LogP contribution in [0, 0.1) is 0 Å². The zero-order chi connectivity index (χ0) is 15.4. The Balaban J connectivity index is 1.57. The Hall–Kier alpha value is -1.46. The van der Waals surface area contributed by atoms with Crippen LogP contribution in [-0.2, 0) is 11.3 Å². The first kappa shape index (κ1) is 15.4. The van der Waals surface area contributed by atoms with Crippen molar-refractivity contribution in [2.45, 2.75) is 32.2 Å². The molecule has 1 fully saturated rings. The molecule has 0 spiro atoms. The van der Waals surface area contributed by atoms with Gasteiger partial charge in [-0.1, -0.05) is 25.0 Å². The highest BCUT2D eigenvalue weighted by atomic mass is 32.1. The fourth-order valence-electron chi connectivity index (χ4n) is 2.93. The van der Waals surface area contributed by atoms with Crippen molar-refractivity contribution in [3.05, 3.63) is 29.3 Å². The van der Waals surface area contributed by atoms with Gasteiger partial charge in [0, 0.05) is 13.1 Å². The summed E-state index contributed by atoms with van der Waals surface area (Å²) in [6.07, 6.45) is 4.80. The lowest BCUT2D eigenvalue weighted by atomic mass is 10.2. The predicted octanol–water partition coefficient (Wildman–Crippen LogP) is 3.13. The number of aromatic nitrogens is 1. The quantitative estimate of drug-likeness (QED) is 0.869. The smallest absolute Gasteiger partial charge is 0.236 e. The summed E-state index contributed by atoms with van der Waals surface area (Å²) in [5.74, 6) is 0.255. The molecule has 1 aromatic carbocycles. The van der Waals surface area contributed by atoms with Crippen LogP contribution in [-0.4, -0.2) is 47.4 Å². The molecule has 118 valence electrons. The minimum Gasteiger partial charge on any atom is -0.342 e. The normalized spacial score (nSPS) is 16.2. The predicted molar refractivity (Wildman–Crippen MR) is 91.0 cm³/mol. The van der Waals surface area contributed by atoms with Crippen molar-refractivity contribution in [1.29, 1.82) is 0 Å². The Morgan fingerprint density at radius 2 is 1.95 bits per heavy atom. The van der Waals surface area contributed by atoms with Crippen molar-refractivity contribution in [3.8, 4) is 0 Å². The number of benzene rings is 1. The van der Waals surface area contributed by atoms with Crippen LogP contribution in [0.2, 0.25) is 0 Å². The van der Waals surface area contributed by atoms with Crippen LogP contribution in [0.3, 0.4) is 0 Å². The number of hydrogen-bond acceptors (Lipinski definition) is 4. The zero-order valence-electron chi connectivity index (χ0n) is 13.1. The van der Waals surface area contributed by atoms with Gasteiger partial charge in [0.05, 0.1) is 23.3 Å². The van der Waals surface area contributed by atoms with Crippen molar-refractivity contribution < 1.29 is 4.79 Å². The number of nitrogens with zero attached hydrogens (tertiary/aromatic N) is 3. The number of para-hydroxylation sites is 1. The first-order valence-corrected chi connectivity index (χ1v) is 8.85. The molecule has 2 aromatic rings. The second-order valence-electron chi connectivity index (χ2n) is 6.04. The van der Waals surface area contributed by atoms with E-state index in [0.717, 1.165) is 43.0 Å². The second-order valence-corrected chi connectivity index (χ2v) is 7.16. The van der Waals surface area contributed by atoms with E-state index >= 15 is 0 Å². The molecule has 0 aliphatic carbocycles. The van der Waals surface area contributed by atoms with Gasteiger partial charge in [0.15, 0.2) is 0 Å². The SMILES string of the molecule is CN(CC(=O)N1CCCCCC1)Cc1nc2ccccc2s1. The topological polar surface area (TPSA) is 36.4 Å². The summed E-state index contributed by atoms with van der Waals surface area (Å²) in [6, 6.07) is 8.19. The molecular formula is C17H23N3OS. The summed E-state index contributed by atoms with van der Waals surface area (Å²) in [4.78, 5) is 21.1. The zero-order valence-corrected chi connectivity index (χ0v) is 13.9. The lowest BCUT2D eigenvalue weighted by Gasteiger charge is -2.23. The Kier molecular flexibility index (Phi) is 5.05. The van der Waals surface area contributed by atoms with E-state index in [2.05, 4.69) is 16.0 Å². The lowest BCUT2D eigenvalue weighted by molar-refractivity contribution is -0.132. The number of rotatable bonds is 4. The van der Waals surface area contributed by atoms with Gasteiger partial charge in [0.25, 0.3) is 0 Å². The summed E-state index contributed by atoms with van der Waals surface area (Å²) < 4.78 is 1.21. The molecule has 0 atom stereocenters. The van der Waals surface area contributed by atoms with Crippen molar-refractivity contribution in [2.24, 2.45) is 0 Å². The van der Waals surface area contributed by atoms with Gasteiger partial charge >= 0.3 is 0 Å². The largest absolute Gasteiger partial charge is 0.342 e. The fourth-order valence-corrected chi connectivity index (χ4v) is 3.97. The molecule has 0 radical (unpaired) electrons. The van der Waals surface area contributed by atoms with Crippen LogP contribution in [0.4, 0.5) is 0 Å². The molecule has 4 nitrogen and oxygen atoms in total. The first-order chi connectivity index (χ1) is 10.7. The molecule has 1 aliphatic rings. The maximum absolute atomic E-state index is 12.4. The number of likely N-dealkylation sites (N-methyl/N-ethyl adjacent to an activating group) is 1. The van der Waals surface area contributed by atoms with Crippen LogP contribution in [0.5, 0.6) is 0 Å². The highest BCUT2D eigenvalue weighted by molar-refractivity contribution is 7.18. The molecular weight excluding hydrogens is 294 g/mol. The van der Waals surface area contributed by atoms with Crippen LogP contribution in [0.25, 0.3) is 10.2 Å². The van der Waals surface area contributed by atoms with Crippen molar-refractivity contribution in [2.75, 3.05) is 26.7 Å². The molecule has 5 heteroatoms. The van der Waals surface area contributed by atoms with E-state index in [-0.39, 0.29) is 5.91 Å². The number of carbonyl (C=O) groups is 1. The van der Waals surface area contributed by atoms with Crippen molar-refractivity contribution >= 4 is 27.5 Å². The second kappa shape index (κ2) is 7.20. The van der Waals surface area contributed by atoms with Gasteiger partial charge < -0.3 is 4.90 Å². The van der Waals surface area contributed by atoms with Gasteiger partial charge in [0.2, 0.25) is 5.91 Å². The third-order valence-corrected chi connectivity index (χ3v) is 5.13. The Morgan fingerprint density at radius 1 is 1.23 bits per heavy atom. The fraction of sp³-hybridized carbons (Fsp3) is 0.529. The molecule has 0 N–H and O–H groups in total. The van der Waals surface area contributed by atoms with Gasteiger partial charge in [-0.2, -0.15) is 0 Å². The molecule has 3 rings (SSSR count). The number of fused-ring (bicyclic) bond motifs is 1. The van der Waals surface area contributed by atoms with E-state index in [9.17, 15) is 4.79 Å². The van der Waals surface area contributed by atoms with Crippen LogP contribution in [0.1, 0.15) is 30.7 Å².